The highest BCUT2D eigenvalue weighted by molar-refractivity contribution is 7.12. The lowest BCUT2D eigenvalue weighted by Gasteiger charge is -2.02. The summed E-state index contributed by atoms with van der Waals surface area (Å²) in [5.74, 6) is -1.82. The van der Waals surface area contributed by atoms with Crippen molar-refractivity contribution < 1.29 is 9.59 Å². The molecule has 0 saturated carbocycles. The van der Waals surface area contributed by atoms with Gasteiger partial charge >= 0.3 is 0 Å². The Labute approximate surface area is 86.0 Å². The van der Waals surface area contributed by atoms with Gasteiger partial charge in [-0.25, -0.2) is 0 Å². The zero-order valence-corrected chi connectivity index (χ0v) is 8.50. The molecule has 1 heterocycles. The van der Waals surface area contributed by atoms with E-state index in [9.17, 15) is 9.59 Å². The summed E-state index contributed by atoms with van der Waals surface area (Å²) in [4.78, 5) is 23.3. The Morgan fingerprint density at radius 2 is 2.36 bits per heavy atom. The van der Waals surface area contributed by atoms with Crippen molar-refractivity contribution in [3.63, 3.8) is 0 Å². The van der Waals surface area contributed by atoms with E-state index in [4.69, 9.17) is 5.26 Å². The second kappa shape index (κ2) is 4.68. The average molecular weight is 207 g/mol. The number of carbonyl (C=O) groups excluding carboxylic acids is 2. The second-order valence-electron chi connectivity index (χ2n) is 2.72. The minimum absolute atomic E-state index is 0.218. The number of nitriles is 1. The predicted octanol–water partition coefficient (Wildman–Crippen LogP) is 2.05. The van der Waals surface area contributed by atoms with Crippen molar-refractivity contribution >= 4 is 22.9 Å². The van der Waals surface area contributed by atoms with Crippen molar-refractivity contribution in [2.45, 2.75) is 13.3 Å². The maximum atomic E-state index is 11.6. The van der Waals surface area contributed by atoms with E-state index in [1.54, 1.807) is 30.5 Å². The Kier molecular flexibility index (Phi) is 3.55. The molecule has 1 unspecified atom stereocenters. The van der Waals surface area contributed by atoms with Gasteiger partial charge in [-0.15, -0.1) is 11.3 Å². The van der Waals surface area contributed by atoms with Crippen LogP contribution in [0.1, 0.15) is 23.0 Å². The van der Waals surface area contributed by atoms with Crippen molar-refractivity contribution in [2.75, 3.05) is 0 Å². The standard InChI is InChI=1S/C10H9NO2S/c1-2-8(12)7(6-11)10(13)9-4-3-5-14-9/h3-5,7H,2H2,1H3. The summed E-state index contributed by atoms with van der Waals surface area (Å²) in [6.45, 7) is 1.65. The Bertz CT molecular complexity index is 375. The molecule has 0 aliphatic rings. The van der Waals surface area contributed by atoms with Crippen LogP contribution < -0.4 is 0 Å². The van der Waals surface area contributed by atoms with E-state index >= 15 is 0 Å². The molecular formula is C10H9NO2S. The van der Waals surface area contributed by atoms with Gasteiger partial charge in [-0.05, 0) is 11.4 Å². The Hall–Kier alpha value is -1.47. The Balaban J connectivity index is 2.88. The fraction of sp³-hybridized carbons (Fsp3) is 0.300. The largest absolute Gasteiger partial charge is 0.298 e. The van der Waals surface area contributed by atoms with Crippen LogP contribution in [0, 0.1) is 17.2 Å². The van der Waals surface area contributed by atoms with Gasteiger partial charge in [-0.2, -0.15) is 5.26 Å². The lowest BCUT2D eigenvalue weighted by Crippen LogP contribution is -2.21. The molecular weight excluding hydrogens is 198 g/mol. The second-order valence-corrected chi connectivity index (χ2v) is 3.67. The van der Waals surface area contributed by atoms with Crippen LogP contribution in [0.5, 0.6) is 0 Å². The highest BCUT2D eigenvalue weighted by atomic mass is 32.1. The van der Waals surface area contributed by atoms with E-state index in [1.165, 1.54) is 11.3 Å². The maximum absolute atomic E-state index is 11.6. The van der Waals surface area contributed by atoms with Gasteiger partial charge < -0.3 is 0 Å². The van der Waals surface area contributed by atoms with Crippen LogP contribution in [0.4, 0.5) is 0 Å². The molecule has 0 aliphatic carbocycles. The zero-order chi connectivity index (χ0) is 10.6. The molecule has 0 aliphatic heterocycles. The summed E-state index contributed by atoms with van der Waals surface area (Å²) in [7, 11) is 0. The number of nitrogens with zero attached hydrogens (tertiary/aromatic N) is 1. The predicted molar refractivity (Wildman–Crippen MR) is 53.1 cm³/mol. The van der Waals surface area contributed by atoms with Crippen molar-refractivity contribution in [3.8, 4) is 6.07 Å². The molecule has 0 bridgehead atoms. The lowest BCUT2D eigenvalue weighted by molar-refractivity contribution is -0.119. The average Bonchev–Trinajstić information content (AvgIpc) is 2.71. The van der Waals surface area contributed by atoms with Crippen molar-refractivity contribution in [3.05, 3.63) is 22.4 Å². The first-order valence-electron chi connectivity index (χ1n) is 4.20. The molecule has 3 nitrogen and oxygen atoms in total. The highest BCUT2D eigenvalue weighted by Crippen LogP contribution is 2.15. The molecule has 0 radical (unpaired) electrons. The zero-order valence-electron chi connectivity index (χ0n) is 7.69. The van der Waals surface area contributed by atoms with Crippen LogP contribution in [0.15, 0.2) is 17.5 Å². The number of Topliss-reactive ketones (excluding diaryl/α,β-unsaturated/α-hetero) is 2. The number of hydrogen-bond acceptors (Lipinski definition) is 4. The third-order valence-electron chi connectivity index (χ3n) is 1.83. The molecule has 0 spiro atoms. The topological polar surface area (TPSA) is 57.9 Å². The fourth-order valence-electron chi connectivity index (χ4n) is 1.04. The van der Waals surface area contributed by atoms with E-state index in [2.05, 4.69) is 0 Å². The highest BCUT2D eigenvalue weighted by Gasteiger charge is 2.26. The number of thiophene rings is 1. The van der Waals surface area contributed by atoms with E-state index in [0.717, 1.165) is 0 Å². The minimum Gasteiger partial charge on any atom is -0.298 e. The molecule has 0 saturated heterocycles. The van der Waals surface area contributed by atoms with Crippen molar-refractivity contribution in [2.24, 2.45) is 5.92 Å². The molecule has 1 aromatic rings. The summed E-state index contributed by atoms with van der Waals surface area (Å²) in [5, 5.41) is 10.5. The summed E-state index contributed by atoms with van der Waals surface area (Å²) in [5.41, 5.74) is 0. The van der Waals surface area contributed by atoms with Crippen LogP contribution in [0.2, 0.25) is 0 Å². The number of hydrogen-bond donors (Lipinski definition) is 0. The number of carbonyl (C=O) groups is 2. The molecule has 4 heteroatoms. The smallest absolute Gasteiger partial charge is 0.197 e. The Morgan fingerprint density at radius 1 is 1.64 bits per heavy atom. The van der Waals surface area contributed by atoms with Gasteiger partial charge in [-0.3, -0.25) is 9.59 Å². The molecule has 14 heavy (non-hydrogen) atoms. The van der Waals surface area contributed by atoms with Gasteiger partial charge in [-0.1, -0.05) is 13.0 Å². The third kappa shape index (κ3) is 2.06. The van der Waals surface area contributed by atoms with E-state index in [-0.39, 0.29) is 18.0 Å². The Morgan fingerprint density at radius 3 is 2.79 bits per heavy atom. The van der Waals surface area contributed by atoms with Gasteiger partial charge in [0.15, 0.2) is 17.5 Å². The van der Waals surface area contributed by atoms with Crippen LogP contribution in [0.25, 0.3) is 0 Å². The first kappa shape index (κ1) is 10.6. The van der Waals surface area contributed by atoms with Crippen molar-refractivity contribution in [1.29, 1.82) is 5.26 Å². The van der Waals surface area contributed by atoms with E-state index in [0.29, 0.717) is 4.88 Å². The van der Waals surface area contributed by atoms with Gasteiger partial charge in [0, 0.05) is 6.42 Å². The molecule has 0 N–H and O–H groups in total. The summed E-state index contributed by atoms with van der Waals surface area (Å²) < 4.78 is 0. The minimum atomic E-state index is -1.13. The summed E-state index contributed by atoms with van der Waals surface area (Å²) >= 11 is 1.25. The summed E-state index contributed by atoms with van der Waals surface area (Å²) in [6, 6.07) is 5.10. The van der Waals surface area contributed by atoms with Gasteiger partial charge in [0.25, 0.3) is 0 Å². The molecule has 1 atom stereocenters. The monoisotopic (exact) mass is 207 g/mol. The molecule has 0 aromatic carbocycles. The first-order chi connectivity index (χ1) is 6.70. The summed E-state index contributed by atoms with van der Waals surface area (Å²) in [6.07, 6.45) is 0.218. The molecule has 1 aromatic heterocycles. The third-order valence-corrected chi connectivity index (χ3v) is 2.71. The van der Waals surface area contributed by atoms with E-state index in [1.807, 2.05) is 0 Å². The van der Waals surface area contributed by atoms with Gasteiger partial charge in [0.05, 0.1) is 10.9 Å². The number of ketones is 2. The van der Waals surface area contributed by atoms with Crippen LogP contribution in [-0.2, 0) is 4.79 Å². The van der Waals surface area contributed by atoms with Crippen LogP contribution in [-0.4, -0.2) is 11.6 Å². The fourth-order valence-corrected chi connectivity index (χ4v) is 1.74. The van der Waals surface area contributed by atoms with Crippen molar-refractivity contribution in [1.82, 2.24) is 0 Å². The molecule has 1 rings (SSSR count). The SMILES string of the molecule is CCC(=O)C(C#N)C(=O)c1cccs1. The van der Waals surface area contributed by atoms with E-state index < -0.39 is 5.92 Å². The lowest BCUT2D eigenvalue weighted by atomic mass is 9.98. The molecule has 0 fully saturated rings. The van der Waals surface area contributed by atoms with Gasteiger partial charge in [0.1, 0.15) is 0 Å². The molecule has 0 amide bonds. The van der Waals surface area contributed by atoms with Gasteiger partial charge in [0.2, 0.25) is 0 Å². The van der Waals surface area contributed by atoms with Crippen LogP contribution >= 0.6 is 11.3 Å². The number of rotatable bonds is 4. The van der Waals surface area contributed by atoms with Crippen LogP contribution in [0.3, 0.4) is 0 Å². The normalized spacial score (nSPS) is 11.7. The first-order valence-corrected chi connectivity index (χ1v) is 5.08. The quantitative estimate of drug-likeness (QED) is 0.560. The maximum Gasteiger partial charge on any atom is 0.197 e. The molecule has 72 valence electrons.